The van der Waals surface area contributed by atoms with E-state index in [4.69, 9.17) is 0 Å². The van der Waals surface area contributed by atoms with Crippen LogP contribution < -0.4 is 0 Å². The van der Waals surface area contributed by atoms with Crippen LogP contribution in [0.5, 0.6) is 0 Å². The maximum atomic E-state index is 4.51. The van der Waals surface area contributed by atoms with Crippen molar-refractivity contribution in [2.24, 2.45) is 0 Å². The summed E-state index contributed by atoms with van der Waals surface area (Å²) in [4.78, 5) is 0. The molecule has 0 atom stereocenters. The first-order valence-corrected chi connectivity index (χ1v) is 4.84. The third-order valence-electron chi connectivity index (χ3n) is 0.0445. The lowest BCUT2D eigenvalue weighted by Crippen LogP contribution is -1.47. The first-order chi connectivity index (χ1) is 1.91. The number of halogens is 1. The quantitative estimate of drug-likeness (QED) is 0.470. The van der Waals surface area contributed by atoms with Crippen LogP contribution in [-0.2, 0) is 12.6 Å². The van der Waals surface area contributed by atoms with Gasteiger partial charge in [0.15, 0.2) is 0 Å². The van der Waals surface area contributed by atoms with Crippen molar-refractivity contribution in [3.05, 3.63) is 0 Å². The molecular formula is CH2IS2-. The zero-order valence-corrected chi connectivity index (χ0v) is 5.69. The zero-order chi connectivity index (χ0) is 3.41. The Morgan fingerprint density at radius 3 is 2.25 bits per heavy atom. The molecule has 3 heteroatoms. The summed E-state index contributed by atoms with van der Waals surface area (Å²) in [6, 6.07) is 0. The lowest BCUT2D eigenvalue weighted by Gasteiger charge is -1.87. The van der Waals surface area contributed by atoms with E-state index in [1.54, 1.807) is 8.93 Å². The SMILES string of the molecule is [S-]CSI. The van der Waals surface area contributed by atoms with Crippen LogP contribution in [0.3, 0.4) is 0 Å². The lowest BCUT2D eigenvalue weighted by molar-refractivity contribution is 2.36. The summed E-state index contributed by atoms with van der Waals surface area (Å²) in [6.07, 6.45) is 0. The van der Waals surface area contributed by atoms with Gasteiger partial charge in [0.2, 0.25) is 0 Å². The van der Waals surface area contributed by atoms with Crippen LogP contribution in [0.2, 0.25) is 0 Å². The number of rotatable bonds is 1. The van der Waals surface area contributed by atoms with E-state index in [0.717, 1.165) is 5.08 Å². The molecule has 0 rings (SSSR count). The smallest absolute Gasteiger partial charge is 0.00625 e. The van der Waals surface area contributed by atoms with Gasteiger partial charge in [0.05, 0.1) is 0 Å². The van der Waals surface area contributed by atoms with E-state index in [1.165, 1.54) is 0 Å². The molecule has 0 N–H and O–H groups in total. The Hall–Kier alpha value is 1.43. The molecule has 4 heavy (non-hydrogen) atoms. The van der Waals surface area contributed by atoms with E-state index in [0.29, 0.717) is 0 Å². The monoisotopic (exact) mass is 205 g/mol. The van der Waals surface area contributed by atoms with Crippen molar-refractivity contribution in [3.8, 4) is 0 Å². The first-order valence-electron chi connectivity index (χ1n) is 0.732. The molecule has 0 amide bonds. The molecule has 0 aliphatic rings. The Balaban J connectivity index is 1.97. The highest BCUT2D eigenvalue weighted by Gasteiger charge is 1.46. The number of hydrogen-bond donors (Lipinski definition) is 0. The van der Waals surface area contributed by atoms with E-state index in [1.807, 2.05) is 0 Å². The average Bonchev–Trinajstić information content (AvgIpc) is 1.37. The van der Waals surface area contributed by atoms with E-state index in [9.17, 15) is 0 Å². The van der Waals surface area contributed by atoms with Gasteiger partial charge in [-0.15, -0.1) is 14.0 Å². The fraction of sp³-hybridized carbons (Fsp3) is 1.00. The molecule has 0 saturated heterocycles. The second kappa shape index (κ2) is 4.43. The molecular weight excluding hydrogens is 203 g/mol. The third kappa shape index (κ3) is 3.43. The zero-order valence-electron chi connectivity index (χ0n) is 1.90. The van der Waals surface area contributed by atoms with Gasteiger partial charge < -0.3 is 12.6 Å². The van der Waals surface area contributed by atoms with Crippen molar-refractivity contribution in [3.63, 3.8) is 0 Å². The molecule has 0 saturated carbocycles. The normalized spacial score (nSPS) is 7.50. The maximum absolute atomic E-state index is 4.51. The minimum absolute atomic E-state index is 0.806. The average molecular weight is 205 g/mol. The lowest BCUT2D eigenvalue weighted by atomic mass is 11.9. The van der Waals surface area contributed by atoms with Gasteiger partial charge >= 0.3 is 0 Å². The van der Waals surface area contributed by atoms with Crippen molar-refractivity contribution in [2.45, 2.75) is 0 Å². The Bertz CT molecular complexity index is 8.00. The second-order valence-electron chi connectivity index (χ2n) is 0.227. The van der Waals surface area contributed by atoms with Gasteiger partial charge in [0.25, 0.3) is 0 Å². The van der Waals surface area contributed by atoms with Gasteiger partial charge in [-0.2, -0.15) is 0 Å². The topological polar surface area (TPSA) is 0 Å². The highest BCUT2D eigenvalue weighted by Crippen LogP contribution is 2.06. The molecule has 0 aliphatic heterocycles. The van der Waals surface area contributed by atoms with Gasteiger partial charge in [0, 0.05) is 0 Å². The minimum atomic E-state index is 0.806. The summed E-state index contributed by atoms with van der Waals surface area (Å²) in [5, 5.41) is 0.806. The Kier molecular flexibility index (Phi) is 6.01. The Morgan fingerprint density at radius 1 is 2.00 bits per heavy atom. The predicted octanol–water partition coefficient (Wildman–Crippen LogP) is 1.57. The van der Waals surface area contributed by atoms with Gasteiger partial charge in [-0.1, -0.05) is 0 Å². The van der Waals surface area contributed by atoms with Crippen LogP contribution >= 0.6 is 30.1 Å². The molecule has 0 spiro atoms. The van der Waals surface area contributed by atoms with E-state index < -0.39 is 0 Å². The summed E-state index contributed by atoms with van der Waals surface area (Å²) in [5.74, 6) is 0. The highest BCUT2D eigenvalue weighted by atomic mass is 127. The van der Waals surface area contributed by atoms with Crippen molar-refractivity contribution < 1.29 is 0 Å². The maximum Gasteiger partial charge on any atom is -0.00625 e. The van der Waals surface area contributed by atoms with Crippen molar-refractivity contribution in [2.75, 3.05) is 5.08 Å². The summed E-state index contributed by atoms with van der Waals surface area (Å²) in [5.41, 5.74) is 0. The summed E-state index contributed by atoms with van der Waals surface area (Å²) >= 11 is 6.67. The molecule has 0 fully saturated rings. The van der Waals surface area contributed by atoms with Crippen LogP contribution in [0.1, 0.15) is 0 Å². The van der Waals surface area contributed by atoms with Gasteiger partial charge in [0.1, 0.15) is 0 Å². The molecule has 0 aromatic rings. The Labute approximate surface area is 47.7 Å². The van der Waals surface area contributed by atoms with Crippen molar-refractivity contribution >= 4 is 42.8 Å². The Morgan fingerprint density at radius 2 is 2.25 bits per heavy atom. The van der Waals surface area contributed by atoms with E-state index in [-0.39, 0.29) is 0 Å². The summed E-state index contributed by atoms with van der Waals surface area (Å²) in [7, 11) is 1.64. The molecule has 0 nitrogen and oxygen atoms in total. The standard InChI is InChI=1S/CH3IS2/c2-4-1-3/h3H,1H2/p-1. The largest absolute Gasteiger partial charge is 0.781 e. The minimum Gasteiger partial charge on any atom is -0.781 e. The van der Waals surface area contributed by atoms with E-state index >= 15 is 0 Å². The molecule has 0 heterocycles. The molecule has 0 unspecified atom stereocenters. The third-order valence-corrected chi connectivity index (χ3v) is 2.69. The van der Waals surface area contributed by atoms with Crippen LogP contribution in [-0.4, -0.2) is 5.08 Å². The summed E-state index contributed by atoms with van der Waals surface area (Å²) in [6.45, 7) is 0. The molecule has 0 aromatic carbocycles. The van der Waals surface area contributed by atoms with Gasteiger partial charge in [-0.05, 0) is 21.2 Å². The highest BCUT2D eigenvalue weighted by molar-refractivity contribution is 14.2. The fourth-order valence-electron chi connectivity index (χ4n) is 0. The molecule has 0 aromatic heterocycles. The van der Waals surface area contributed by atoms with Crippen LogP contribution in [0.25, 0.3) is 0 Å². The molecule has 0 bridgehead atoms. The fourth-order valence-corrected chi connectivity index (χ4v) is 0. The van der Waals surface area contributed by atoms with Crippen LogP contribution in [0.15, 0.2) is 0 Å². The van der Waals surface area contributed by atoms with Gasteiger partial charge in [-0.3, -0.25) is 0 Å². The van der Waals surface area contributed by atoms with Crippen molar-refractivity contribution in [1.82, 2.24) is 0 Å². The van der Waals surface area contributed by atoms with Crippen LogP contribution in [0.4, 0.5) is 0 Å². The van der Waals surface area contributed by atoms with E-state index in [2.05, 4.69) is 33.8 Å². The summed E-state index contributed by atoms with van der Waals surface area (Å²) < 4.78 is 0. The van der Waals surface area contributed by atoms with Crippen LogP contribution in [0, 0.1) is 0 Å². The first kappa shape index (κ1) is 5.43. The molecule has 0 aliphatic carbocycles. The van der Waals surface area contributed by atoms with Gasteiger partial charge in [-0.25, -0.2) is 0 Å². The second-order valence-corrected chi connectivity index (χ2v) is 3.26. The van der Waals surface area contributed by atoms with Crippen molar-refractivity contribution in [1.29, 1.82) is 0 Å². The molecule has 0 radical (unpaired) electrons. The number of hydrogen-bond acceptors (Lipinski definition) is 2. The molecule has 26 valence electrons. The predicted molar refractivity (Wildman–Crippen MR) is 33.8 cm³/mol.